The maximum atomic E-state index is 13.9. The number of amides is 2. The van der Waals surface area contributed by atoms with Gasteiger partial charge in [0.05, 0.1) is 30.1 Å². The third-order valence-electron chi connectivity index (χ3n) is 11.0. The average Bonchev–Trinajstić information content (AvgIpc) is 3.78. The molecule has 4 atom stereocenters. The summed E-state index contributed by atoms with van der Waals surface area (Å²) < 4.78 is 10.2. The van der Waals surface area contributed by atoms with Gasteiger partial charge in [-0.15, -0.1) is 0 Å². The zero-order valence-electron chi connectivity index (χ0n) is 28.2. The van der Waals surface area contributed by atoms with E-state index >= 15 is 0 Å². The monoisotopic (exact) mass is 679 g/mol. The number of rotatable bonds is 3. The summed E-state index contributed by atoms with van der Waals surface area (Å²) in [4.78, 5) is 39.6. The Morgan fingerprint density at radius 3 is 2.76 bits per heavy atom. The van der Waals surface area contributed by atoms with Gasteiger partial charge in [0.1, 0.15) is 16.9 Å². The number of nitrogens with zero attached hydrogens (tertiary/aromatic N) is 5. The molecule has 11 heteroatoms. The molecule has 5 heterocycles. The Bertz CT molecular complexity index is 2120. The summed E-state index contributed by atoms with van der Waals surface area (Å²) in [5.41, 5.74) is 12.7. The second-order valence-corrected chi connectivity index (χ2v) is 14.5. The number of methoxy groups -OCH3 is 1. The van der Waals surface area contributed by atoms with E-state index in [0.29, 0.717) is 39.9 Å². The summed E-state index contributed by atoms with van der Waals surface area (Å²) in [6.45, 7) is 3.29. The Kier molecular flexibility index (Phi) is 8.11. The minimum atomic E-state index is -0.310. The van der Waals surface area contributed by atoms with Crippen molar-refractivity contribution in [3.63, 3.8) is 0 Å². The first-order valence-corrected chi connectivity index (χ1v) is 17.8. The molecule has 254 valence electrons. The van der Waals surface area contributed by atoms with Gasteiger partial charge in [0, 0.05) is 53.8 Å². The van der Waals surface area contributed by atoms with Crippen LogP contribution in [0.3, 0.4) is 0 Å². The lowest BCUT2D eigenvalue weighted by Crippen LogP contribution is -2.51. The van der Waals surface area contributed by atoms with Gasteiger partial charge < -0.3 is 29.8 Å². The highest BCUT2D eigenvalue weighted by molar-refractivity contribution is 6.30. The normalized spacial score (nSPS) is 22.7. The van der Waals surface area contributed by atoms with Gasteiger partial charge in [-0.05, 0) is 105 Å². The number of nitrogens with two attached hydrogens (primary N) is 1. The summed E-state index contributed by atoms with van der Waals surface area (Å²) in [5.74, 6) is 1.74. The standard InChI is InChI=1S/C38H42ClN7O3/c1-21-30-13-9-24-18-32(45(35(24)42-30)14-6-4-5-7-22-15-26(39)10-12-28(22)37(47)41-21)36-43-31-17-25(19-33(49-3)34(31)44(36)2)38(48)46-20-29(40)23-8-11-27(46)16-23/h9-10,12-13,15,17-19,21,23,27,29H,4-8,11,14,16,20,40H2,1-3H3,(H,41,47)/t21-,23-,27+,29+/m1/s1. The lowest BCUT2D eigenvalue weighted by atomic mass is 9.94. The van der Waals surface area contributed by atoms with Crippen LogP contribution in [0.2, 0.25) is 5.02 Å². The third kappa shape index (κ3) is 5.55. The molecule has 3 aliphatic rings. The Labute approximate surface area is 290 Å². The summed E-state index contributed by atoms with van der Waals surface area (Å²) in [6, 6.07) is 15.4. The number of benzene rings is 2. The van der Waals surface area contributed by atoms with Crippen molar-refractivity contribution in [3.05, 3.63) is 75.9 Å². The Morgan fingerprint density at radius 1 is 1.06 bits per heavy atom. The predicted octanol–water partition coefficient (Wildman–Crippen LogP) is 6.42. The largest absolute Gasteiger partial charge is 0.494 e. The van der Waals surface area contributed by atoms with Crippen LogP contribution >= 0.6 is 11.6 Å². The second kappa shape index (κ2) is 12.5. The minimum Gasteiger partial charge on any atom is -0.494 e. The van der Waals surface area contributed by atoms with E-state index in [4.69, 9.17) is 32.0 Å². The molecule has 0 unspecified atom stereocenters. The fraction of sp³-hybridized carbons (Fsp3) is 0.421. The Balaban J connectivity index is 1.18. The van der Waals surface area contributed by atoms with Crippen molar-refractivity contribution < 1.29 is 14.3 Å². The molecule has 1 aliphatic carbocycles. The zero-order valence-corrected chi connectivity index (χ0v) is 29.0. The first-order chi connectivity index (χ1) is 23.7. The number of nitrogens with one attached hydrogen (secondary N) is 1. The average molecular weight is 680 g/mol. The maximum absolute atomic E-state index is 13.9. The topological polar surface area (TPSA) is 120 Å². The van der Waals surface area contributed by atoms with Crippen LogP contribution in [0.5, 0.6) is 5.75 Å². The van der Waals surface area contributed by atoms with Crippen LogP contribution in [0.4, 0.5) is 0 Å². The highest BCUT2D eigenvalue weighted by Gasteiger charge is 2.41. The predicted molar refractivity (Wildman–Crippen MR) is 191 cm³/mol. The maximum Gasteiger partial charge on any atom is 0.254 e. The Hall–Kier alpha value is -4.41. The molecule has 2 aromatic carbocycles. The number of hydrogen-bond donors (Lipinski definition) is 2. The van der Waals surface area contributed by atoms with Gasteiger partial charge >= 0.3 is 0 Å². The molecule has 8 rings (SSSR count). The summed E-state index contributed by atoms with van der Waals surface area (Å²) in [7, 11) is 3.63. The fourth-order valence-corrected chi connectivity index (χ4v) is 8.51. The van der Waals surface area contributed by atoms with Crippen LogP contribution in [0.15, 0.2) is 48.5 Å². The lowest BCUT2D eigenvalue weighted by molar-refractivity contribution is 0.0603. The molecule has 49 heavy (non-hydrogen) atoms. The first-order valence-electron chi connectivity index (χ1n) is 17.4. The van der Waals surface area contributed by atoms with Crippen LogP contribution < -0.4 is 15.8 Å². The number of hydrogen-bond acceptors (Lipinski definition) is 6. The number of fused-ring (bicyclic) bond motifs is 5. The highest BCUT2D eigenvalue weighted by atomic mass is 35.5. The van der Waals surface area contributed by atoms with Crippen molar-refractivity contribution in [3.8, 4) is 17.3 Å². The molecule has 0 spiro atoms. The van der Waals surface area contributed by atoms with E-state index < -0.39 is 0 Å². The van der Waals surface area contributed by atoms with Crippen molar-refractivity contribution in [1.82, 2.24) is 29.3 Å². The lowest BCUT2D eigenvalue weighted by Gasteiger charge is -2.37. The molecule has 2 fully saturated rings. The van der Waals surface area contributed by atoms with E-state index in [2.05, 4.69) is 22.0 Å². The van der Waals surface area contributed by atoms with E-state index in [-0.39, 0.29) is 29.9 Å². The molecule has 10 nitrogen and oxygen atoms in total. The van der Waals surface area contributed by atoms with Gasteiger partial charge in [-0.3, -0.25) is 9.59 Å². The van der Waals surface area contributed by atoms with Gasteiger partial charge in [0.25, 0.3) is 11.8 Å². The number of piperidine rings is 1. The molecule has 2 amide bonds. The van der Waals surface area contributed by atoms with Crippen molar-refractivity contribution >= 4 is 45.5 Å². The molecule has 3 aromatic heterocycles. The number of carbonyl (C=O) groups excluding carboxylic acids is 2. The molecule has 2 aliphatic heterocycles. The molecular weight excluding hydrogens is 638 g/mol. The molecule has 1 saturated heterocycles. The molecule has 0 radical (unpaired) electrons. The third-order valence-corrected chi connectivity index (χ3v) is 11.2. The van der Waals surface area contributed by atoms with E-state index in [9.17, 15) is 9.59 Å². The highest BCUT2D eigenvalue weighted by Crippen LogP contribution is 2.39. The number of imidazole rings is 1. The van der Waals surface area contributed by atoms with Crippen molar-refractivity contribution in [1.29, 1.82) is 0 Å². The molecule has 5 aromatic rings. The van der Waals surface area contributed by atoms with E-state index in [1.807, 2.05) is 53.8 Å². The number of pyridine rings is 1. The summed E-state index contributed by atoms with van der Waals surface area (Å²) >= 11 is 6.33. The van der Waals surface area contributed by atoms with Crippen molar-refractivity contribution in [2.75, 3.05) is 13.7 Å². The van der Waals surface area contributed by atoms with Gasteiger partial charge in [-0.1, -0.05) is 18.0 Å². The van der Waals surface area contributed by atoms with Crippen LogP contribution in [-0.4, -0.2) is 61.6 Å². The van der Waals surface area contributed by atoms with E-state index in [1.54, 1.807) is 13.2 Å². The number of halogens is 1. The van der Waals surface area contributed by atoms with Gasteiger partial charge in [-0.2, -0.15) is 0 Å². The first kappa shape index (κ1) is 31.8. The van der Waals surface area contributed by atoms with Crippen LogP contribution in [0.1, 0.15) is 83.5 Å². The van der Waals surface area contributed by atoms with Gasteiger partial charge in [-0.25, -0.2) is 9.97 Å². The number of aryl methyl sites for hydroxylation is 3. The van der Waals surface area contributed by atoms with Gasteiger partial charge in [0.15, 0.2) is 5.82 Å². The summed E-state index contributed by atoms with van der Waals surface area (Å²) in [6.07, 6.45) is 6.65. The molecule has 1 saturated carbocycles. The van der Waals surface area contributed by atoms with E-state index in [0.717, 1.165) is 90.8 Å². The fourth-order valence-electron chi connectivity index (χ4n) is 8.32. The van der Waals surface area contributed by atoms with E-state index in [1.165, 1.54) is 0 Å². The quantitative estimate of drug-likeness (QED) is 0.227. The molecule has 4 bridgehead atoms. The summed E-state index contributed by atoms with van der Waals surface area (Å²) in [5, 5.41) is 4.78. The van der Waals surface area contributed by atoms with Crippen LogP contribution in [-0.2, 0) is 20.0 Å². The minimum absolute atomic E-state index is 0.0155. The number of ether oxygens (including phenoxy) is 1. The number of likely N-dealkylation sites (tertiary alicyclic amines) is 1. The number of aromatic nitrogens is 4. The van der Waals surface area contributed by atoms with Crippen molar-refractivity contribution in [2.45, 2.75) is 76.5 Å². The second-order valence-electron chi connectivity index (χ2n) is 14.0. The smallest absolute Gasteiger partial charge is 0.254 e. The van der Waals surface area contributed by atoms with Crippen LogP contribution in [0, 0.1) is 5.92 Å². The number of carbonyl (C=O) groups is 2. The molecular formula is C38H42ClN7O3. The zero-order chi connectivity index (χ0) is 34.0. The molecule has 3 N–H and O–H groups in total. The van der Waals surface area contributed by atoms with Crippen molar-refractivity contribution in [2.24, 2.45) is 18.7 Å². The van der Waals surface area contributed by atoms with Gasteiger partial charge in [0.2, 0.25) is 0 Å². The van der Waals surface area contributed by atoms with Crippen LogP contribution in [0.25, 0.3) is 33.6 Å². The SMILES string of the molecule is COc1cc(C(=O)N2C[C@H](N)[C@@H]3CC[C@H]2C3)cc2nc(-c3cc4ccc5nc4n3CCCCCc3cc(Cl)ccc3C(=O)N[C@@H]5C)n(C)c12. The Morgan fingerprint density at radius 2 is 1.92 bits per heavy atom.